The molecule has 78 valence electrons. The van der Waals surface area contributed by atoms with Crippen LogP contribution in [0.1, 0.15) is 6.92 Å². The number of rotatable bonds is 4. The van der Waals surface area contributed by atoms with Crippen molar-refractivity contribution in [1.29, 1.82) is 0 Å². The third kappa shape index (κ3) is 3.57. The molecule has 0 rings (SSSR count). The van der Waals surface area contributed by atoms with E-state index in [1.165, 1.54) is 0 Å². The maximum Gasteiger partial charge on any atom is 0.316 e. The Morgan fingerprint density at radius 2 is 2.08 bits per heavy atom. The van der Waals surface area contributed by atoms with Gasteiger partial charge >= 0.3 is 6.03 Å². The van der Waals surface area contributed by atoms with Gasteiger partial charge in [-0.3, -0.25) is 4.55 Å². The van der Waals surface area contributed by atoms with E-state index in [0.717, 1.165) is 6.92 Å². The molecule has 4 N–H and O–H groups in total. The van der Waals surface area contributed by atoms with Crippen molar-refractivity contribution in [2.45, 2.75) is 12.3 Å². The molecule has 0 saturated heterocycles. The number of hydrogen-bond donors (Lipinski definition) is 3. The van der Waals surface area contributed by atoms with Gasteiger partial charge in [0.05, 0.1) is 6.61 Å². The Labute approximate surface area is 75.9 Å². The zero-order chi connectivity index (χ0) is 10.6. The van der Waals surface area contributed by atoms with Crippen LogP contribution in [-0.4, -0.2) is 47.5 Å². The molecule has 7 nitrogen and oxygen atoms in total. The van der Waals surface area contributed by atoms with Gasteiger partial charge in [0.25, 0.3) is 10.1 Å². The largest absolute Gasteiger partial charge is 0.395 e. The number of carbonyl (C=O) groups excluding carboxylic acids is 1. The number of nitrogens with zero attached hydrogens (tertiary/aromatic N) is 1. The number of nitrogens with two attached hydrogens (primary N) is 1. The molecule has 0 radical (unpaired) electrons. The second kappa shape index (κ2) is 4.40. The second-order valence-electron chi connectivity index (χ2n) is 2.37. The van der Waals surface area contributed by atoms with Crippen LogP contribution in [-0.2, 0) is 10.1 Å². The molecular weight excluding hydrogens is 200 g/mol. The minimum absolute atomic E-state index is 0.240. The average molecular weight is 212 g/mol. The maximum absolute atomic E-state index is 10.6. The van der Waals surface area contributed by atoms with Gasteiger partial charge in [0.15, 0.2) is 5.37 Å². The summed E-state index contributed by atoms with van der Waals surface area (Å²) in [5.74, 6) is 0. The summed E-state index contributed by atoms with van der Waals surface area (Å²) in [6.45, 7) is 0.425. The summed E-state index contributed by atoms with van der Waals surface area (Å²) in [5.41, 5.74) is 4.82. The van der Waals surface area contributed by atoms with Crippen LogP contribution in [0.2, 0.25) is 0 Å². The van der Waals surface area contributed by atoms with Crippen LogP contribution in [0.15, 0.2) is 0 Å². The molecule has 1 atom stereocenters. The minimum Gasteiger partial charge on any atom is -0.395 e. The van der Waals surface area contributed by atoms with Gasteiger partial charge in [0.1, 0.15) is 0 Å². The first-order valence-corrected chi connectivity index (χ1v) is 4.94. The molecule has 0 aliphatic rings. The number of amides is 2. The number of aliphatic hydroxyl groups excluding tert-OH is 1. The van der Waals surface area contributed by atoms with Crippen molar-refractivity contribution in [2.24, 2.45) is 5.73 Å². The van der Waals surface area contributed by atoms with Gasteiger partial charge in [-0.15, -0.1) is 0 Å². The van der Waals surface area contributed by atoms with E-state index in [1.54, 1.807) is 0 Å². The highest BCUT2D eigenvalue weighted by molar-refractivity contribution is 7.86. The smallest absolute Gasteiger partial charge is 0.316 e. The van der Waals surface area contributed by atoms with E-state index < -0.39 is 28.1 Å². The van der Waals surface area contributed by atoms with E-state index in [2.05, 4.69) is 0 Å². The number of urea groups is 1. The van der Waals surface area contributed by atoms with Crippen LogP contribution < -0.4 is 5.73 Å². The molecule has 8 heteroatoms. The van der Waals surface area contributed by atoms with Crippen LogP contribution >= 0.6 is 0 Å². The van der Waals surface area contributed by atoms with Crippen molar-refractivity contribution in [3.05, 3.63) is 0 Å². The molecule has 0 fully saturated rings. The van der Waals surface area contributed by atoms with E-state index in [1.807, 2.05) is 0 Å². The Morgan fingerprint density at radius 1 is 1.62 bits per heavy atom. The maximum atomic E-state index is 10.6. The van der Waals surface area contributed by atoms with E-state index in [0.29, 0.717) is 4.90 Å². The highest BCUT2D eigenvalue weighted by Gasteiger charge is 2.27. The molecule has 0 heterocycles. The Balaban J connectivity index is 4.66. The molecule has 0 aliphatic carbocycles. The number of hydrogen-bond acceptors (Lipinski definition) is 4. The quantitative estimate of drug-likeness (QED) is 0.494. The van der Waals surface area contributed by atoms with E-state index >= 15 is 0 Å². The molecule has 0 aromatic carbocycles. The van der Waals surface area contributed by atoms with E-state index in [4.69, 9.17) is 15.4 Å². The van der Waals surface area contributed by atoms with Gasteiger partial charge in [0, 0.05) is 6.54 Å². The fourth-order valence-electron chi connectivity index (χ4n) is 0.740. The van der Waals surface area contributed by atoms with Crippen molar-refractivity contribution in [3.63, 3.8) is 0 Å². The Morgan fingerprint density at radius 3 is 2.31 bits per heavy atom. The normalized spacial score (nSPS) is 13.8. The van der Waals surface area contributed by atoms with Gasteiger partial charge < -0.3 is 15.7 Å². The lowest BCUT2D eigenvalue weighted by atomic mass is 10.5. The van der Waals surface area contributed by atoms with E-state index in [9.17, 15) is 13.2 Å². The van der Waals surface area contributed by atoms with Crippen molar-refractivity contribution >= 4 is 16.1 Å². The Kier molecular flexibility index (Phi) is 4.11. The Hall–Kier alpha value is -0.860. The van der Waals surface area contributed by atoms with Crippen molar-refractivity contribution < 1.29 is 22.9 Å². The third-order valence-corrected chi connectivity index (χ3v) is 2.61. The lowest BCUT2D eigenvalue weighted by Gasteiger charge is -2.23. The van der Waals surface area contributed by atoms with E-state index in [-0.39, 0.29) is 6.54 Å². The van der Waals surface area contributed by atoms with Crippen LogP contribution in [0.3, 0.4) is 0 Å². The van der Waals surface area contributed by atoms with Gasteiger partial charge in [-0.2, -0.15) is 8.42 Å². The molecule has 0 aliphatic heterocycles. The van der Waals surface area contributed by atoms with Crippen molar-refractivity contribution in [3.8, 4) is 0 Å². The first-order chi connectivity index (χ1) is 5.80. The highest BCUT2D eigenvalue weighted by Crippen LogP contribution is 2.04. The second-order valence-corrected chi connectivity index (χ2v) is 4.08. The lowest BCUT2D eigenvalue weighted by Crippen LogP contribution is -2.47. The summed E-state index contributed by atoms with van der Waals surface area (Å²) >= 11 is 0. The van der Waals surface area contributed by atoms with Crippen molar-refractivity contribution in [2.75, 3.05) is 13.2 Å². The van der Waals surface area contributed by atoms with Crippen LogP contribution in [0.4, 0.5) is 4.79 Å². The summed E-state index contributed by atoms with van der Waals surface area (Å²) in [6, 6.07) is -1.01. The molecule has 13 heavy (non-hydrogen) atoms. The summed E-state index contributed by atoms with van der Waals surface area (Å²) in [7, 11) is -4.36. The monoisotopic (exact) mass is 212 g/mol. The van der Waals surface area contributed by atoms with Crippen LogP contribution in [0.5, 0.6) is 0 Å². The fourth-order valence-corrected chi connectivity index (χ4v) is 1.27. The minimum atomic E-state index is -4.36. The zero-order valence-electron chi connectivity index (χ0n) is 7.04. The summed E-state index contributed by atoms with van der Waals surface area (Å²) in [6.07, 6.45) is 0. The van der Waals surface area contributed by atoms with Gasteiger partial charge in [-0.1, -0.05) is 0 Å². The molecule has 1 unspecified atom stereocenters. The van der Waals surface area contributed by atoms with Crippen LogP contribution in [0.25, 0.3) is 0 Å². The van der Waals surface area contributed by atoms with Gasteiger partial charge in [-0.05, 0) is 6.92 Å². The first kappa shape index (κ1) is 12.1. The Bertz CT molecular complexity index is 275. The zero-order valence-corrected chi connectivity index (χ0v) is 7.86. The molecule has 0 bridgehead atoms. The summed E-state index contributed by atoms with van der Waals surface area (Å²) in [4.78, 5) is 11.3. The molecular formula is C5H12N2O5S. The standard InChI is InChI=1S/C5H12N2O5S/c1-4(13(10,11)12)7(2-3-8)5(6)9/h4,8H,2-3H2,1H3,(H2,6,9)(H,10,11,12). The predicted octanol–water partition coefficient (Wildman–Crippen LogP) is -1.41. The predicted molar refractivity (Wildman–Crippen MR) is 44.4 cm³/mol. The number of primary amides is 1. The molecule has 0 aromatic rings. The molecule has 2 amide bonds. The average Bonchev–Trinajstić information content (AvgIpc) is 1.96. The topological polar surface area (TPSA) is 121 Å². The summed E-state index contributed by atoms with van der Waals surface area (Å²) < 4.78 is 29.7. The number of aliphatic hydroxyl groups is 1. The highest BCUT2D eigenvalue weighted by atomic mass is 32.2. The molecule has 0 saturated carbocycles. The van der Waals surface area contributed by atoms with Crippen LogP contribution in [0, 0.1) is 0 Å². The van der Waals surface area contributed by atoms with Gasteiger partial charge in [-0.25, -0.2) is 4.79 Å². The van der Waals surface area contributed by atoms with Gasteiger partial charge in [0.2, 0.25) is 0 Å². The first-order valence-electron chi connectivity index (χ1n) is 3.44. The molecule has 0 spiro atoms. The number of carbonyl (C=O) groups is 1. The lowest BCUT2D eigenvalue weighted by molar-refractivity contribution is 0.178. The SMILES string of the molecule is CC(N(CCO)C(N)=O)S(=O)(=O)O. The summed E-state index contributed by atoms with van der Waals surface area (Å²) in [5, 5.41) is 7.03. The van der Waals surface area contributed by atoms with Crippen molar-refractivity contribution in [1.82, 2.24) is 4.90 Å². The molecule has 0 aromatic heterocycles. The third-order valence-electron chi connectivity index (χ3n) is 1.49. The fraction of sp³-hybridized carbons (Fsp3) is 0.800.